The third-order valence-electron chi connectivity index (χ3n) is 1.69. The number of hydrogen-bond acceptors (Lipinski definition) is 1. The van der Waals surface area contributed by atoms with Crippen LogP contribution in [0.1, 0.15) is 41.0 Å². The predicted molar refractivity (Wildman–Crippen MR) is 56.4 cm³/mol. The van der Waals surface area contributed by atoms with E-state index < -0.39 is 0 Å². The summed E-state index contributed by atoms with van der Waals surface area (Å²) in [4.78, 5) is 0. The van der Waals surface area contributed by atoms with Crippen LogP contribution in [0.2, 0.25) is 0 Å². The standard InChI is InChI=1S/C11H23N/c1-6-10(9-12-7-2)8-11(3,4)5/h8,12H,6-7,9H2,1-5H3. The van der Waals surface area contributed by atoms with Crippen LogP contribution in [-0.4, -0.2) is 13.1 Å². The highest BCUT2D eigenvalue weighted by Crippen LogP contribution is 2.18. The second-order valence-electron chi connectivity index (χ2n) is 4.30. The Kier molecular flexibility index (Phi) is 5.23. The van der Waals surface area contributed by atoms with Crippen LogP contribution < -0.4 is 5.32 Å². The Morgan fingerprint density at radius 2 is 1.83 bits per heavy atom. The molecule has 0 heterocycles. The Morgan fingerprint density at radius 1 is 1.25 bits per heavy atom. The van der Waals surface area contributed by atoms with E-state index in [-0.39, 0.29) is 0 Å². The summed E-state index contributed by atoms with van der Waals surface area (Å²) in [5.74, 6) is 0. The van der Waals surface area contributed by atoms with Crippen LogP contribution >= 0.6 is 0 Å². The minimum Gasteiger partial charge on any atom is -0.313 e. The fourth-order valence-corrected chi connectivity index (χ4v) is 1.18. The Bertz CT molecular complexity index is 140. The van der Waals surface area contributed by atoms with Gasteiger partial charge >= 0.3 is 0 Å². The second kappa shape index (κ2) is 5.36. The lowest BCUT2D eigenvalue weighted by molar-refractivity contribution is 0.534. The first-order valence-electron chi connectivity index (χ1n) is 4.91. The first-order valence-corrected chi connectivity index (χ1v) is 4.91. The molecule has 0 saturated heterocycles. The molecule has 0 spiro atoms. The van der Waals surface area contributed by atoms with Crippen molar-refractivity contribution in [2.75, 3.05) is 13.1 Å². The van der Waals surface area contributed by atoms with E-state index in [1.807, 2.05) is 0 Å². The van der Waals surface area contributed by atoms with Crippen LogP contribution in [0.3, 0.4) is 0 Å². The third-order valence-corrected chi connectivity index (χ3v) is 1.69. The first-order chi connectivity index (χ1) is 5.49. The van der Waals surface area contributed by atoms with E-state index in [0.717, 1.165) is 19.5 Å². The summed E-state index contributed by atoms with van der Waals surface area (Å²) >= 11 is 0. The summed E-state index contributed by atoms with van der Waals surface area (Å²) in [6.45, 7) is 13.2. The van der Waals surface area contributed by atoms with E-state index in [0.29, 0.717) is 5.41 Å². The largest absolute Gasteiger partial charge is 0.313 e. The zero-order valence-corrected chi connectivity index (χ0v) is 9.20. The molecule has 0 aromatic rings. The summed E-state index contributed by atoms with van der Waals surface area (Å²) in [5.41, 5.74) is 1.84. The SMILES string of the molecule is CCNCC(=CC(C)(C)C)CC. The lowest BCUT2D eigenvalue weighted by atomic mass is 9.93. The lowest BCUT2D eigenvalue weighted by Gasteiger charge is -2.15. The van der Waals surface area contributed by atoms with Crippen molar-refractivity contribution >= 4 is 0 Å². The highest BCUT2D eigenvalue weighted by Gasteiger charge is 2.06. The molecule has 0 aliphatic rings. The molecular formula is C11H23N. The minimum absolute atomic E-state index is 0.320. The molecule has 0 saturated carbocycles. The smallest absolute Gasteiger partial charge is 0.0164 e. The van der Waals surface area contributed by atoms with Crippen LogP contribution in [0.5, 0.6) is 0 Å². The highest BCUT2D eigenvalue weighted by molar-refractivity contribution is 5.07. The molecule has 0 rings (SSSR count). The van der Waals surface area contributed by atoms with Crippen molar-refractivity contribution in [2.24, 2.45) is 5.41 Å². The monoisotopic (exact) mass is 169 g/mol. The molecule has 72 valence electrons. The average Bonchev–Trinajstić information content (AvgIpc) is 1.95. The van der Waals surface area contributed by atoms with E-state index in [1.54, 1.807) is 0 Å². The van der Waals surface area contributed by atoms with Crippen molar-refractivity contribution < 1.29 is 0 Å². The maximum atomic E-state index is 3.35. The summed E-state index contributed by atoms with van der Waals surface area (Å²) in [7, 11) is 0. The molecule has 0 aromatic heterocycles. The summed E-state index contributed by atoms with van der Waals surface area (Å²) in [6.07, 6.45) is 3.53. The van der Waals surface area contributed by atoms with Gasteiger partial charge in [0.05, 0.1) is 0 Å². The van der Waals surface area contributed by atoms with Crippen molar-refractivity contribution in [1.29, 1.82) is 0 Å². The molecule has 1 heteroatoms. The van der Waals surface area contributed by atoms with E-state index >= 15 is 0 Å². The Labute approximate surface area is 77.2 Å². The Hall–Kier alpha value is -0.300. The molecule has 0 bridgehead atoms. The molecule has 0 amide bonds. The van der Waals surface area contributed by atoms with E-state index in [1.165, 1.54) is 5.57 Å². The van der Waals surface area contributed by atoms with Gasteiger partial charge in [-0.3, -0.25) is 0 Å². The average molecular weight is 169 g/mol. The van der Waals surface area contributed by atoms with E-state index in [9.17, 15) is 0 Å². The Morgan fingerprint density at radius 3 is 2.17 bits per heavy atom. The zero-order chi connectivity index (χ0) is 9.61. The number of allylic oxidation sites excluding steroid dienone is 1. The molecule has 0 fully saturated rings. The molecule has 0 radical (unpaired) electrons. The summed E-state index contributed by atoms with van der Waals surface area (Å²) in [5, 5.41) is 3.35. The van der Waals surface area contributed by atoms with Crippen LogP contribution in [-0.2, 0) is 0 Å². The zero-order valence-electron chi connectivity index (χ0n) is 9.20. The summed E-state index contributed by atoms with van der Waals surface area (Å²) in [6, 6.07) is 0. The van der Waals surface area contributed by atoms with Crippen molar-refractivity contribution in [3.63, 3.8) is 0 Å². The highest BCUT2D eigenvalue weighted by atomic mass is 14.8. The van der Waals surface area contributed by atoms with E-state index in [4.69, 9.17) is 0 Å². The molecule has 0 aliphatic carbocycles. The van der Waals surface area contributed by atoms with Gasteiger partial charge < -0.3 is 5.32 Å². The van der Waals surface area contributed by atoms with Crippen molar-refractivity contribution in [3.8, 4) is 0 Å². The lowest BCUT2D eigenvalue weighted by Crippen LogP contribution is -2.17. The van der Waals surface area contributed by atoms with E-state index in [2.05, 4.69) is 46.0 Å². The van der Waals surface area contributed by atoms with Gasteiger partial charge in [0.25, 0.3) is 0 Å². The van der Waals surface area contributed by atoms with Crippen molar-refractivity contribution in [2.45, 2.75) is 41.0 Å². The van der Waals surface area contributed by atoms with Crippen LogP contribution in [0.25, 0.3) is 0 Å². The molecule has 1 nitrogen and oxygen atoms in total. The number of hydrogen-bond donors (Lipinski definition) is 1. The van der Waals surface area contributed by atoms with Crippen molar-refractivity contribution in [3.05, 3.63) is 11.6 Å². The molecule has 0 atom stereocenters. The summed E-state index contributed by atoms with van der Waals surface area (Å²) < 4.78 is 0. The molecule has 0 aromatic carbocycles. The van der Waals surface area contributed by atoms with Gasteiger partial charge in [0.15, 0.2) is 0 Å². The molecular weight excluding hydrogens is 146 g/mol. The minimum atomic E-state index is 0.320. The topological polar surface area (TPSA) is 12.0 Å². The molecule has 0 aliphatic heterocycles. The van der Waals surface area contributed by atoms with Gasteiger partial charge in [-0.2, -0.15) is 0 Å². The van der Waals surface area contributed by atoms with Crippen LogP contribution in [0.15, 0.2) is 11.6 Å². The van der Waals surface area contributed by atoms with Crippen molar-refractivity contribution in [1.82, 2.24) is 5.32 Å². The molecule has 1 N–H and O–H groups in total. The maximum absolute atomic E-state index is 3.35. The predicted octanol–water partition coefficient (Wildman–Crippen LogP) is 2.98. The molecule has 0 unspecified atom stereocenters. The van der Waals surface area contributed by atoms with Gasteiger partial charge in [0, 0.05) is 6.54 Å². The maximum Gasteiger partial charge on any atom is 0.0164 e. The molecule has 12 heavy (non-hydrogen) atoms. The van der Waals surface area contributed by atoms with Crippen LogP contribution in [0.4, 0.5) is 0 Å². The Balaban J connectivity index is 4.04. The van der Waals surface area contributed by atoms with Gasteiger partial charge in [-0.1, -0.05) is 46.3 Å². The van der Waals surface area contributed by atoms with Gasteiger partial charge in [0.1, 0.15) is 0 Å². The van der Waals surface area contributed by atoms with Crippen LogP contribution in [0, 0.1) is 5.41 Å². The number of rotatable bonds is 4. The second-order valence-corrected chi connectivity index (χ2v) is 4.30. The number of likely N-dealkylation sites (N-methyl/N-ethyl adjacent to an activating group) is 1. The number of nitrogens with one attached hydrogen (secondary N) is 1. The fraction of sp³-hybridized carbons (Fsp3) is 0.818. The van der Waals surface area contributed by atoms with Gasteiger partial charge in [0.2, 0.25) is 0 Å². The van der Waals surface area contributed by atoms with Gasteiger partial charge in [-0.05, 0) is 18.4 Å². The fourth-order valence-electron chi connectivity index (χ4n) is 1.18. The van der Waals surface area contributed by atoms with Gasteiger partial charge in [-0.25, -0.2) is 0 Å². The first kappa shape index (κ1) is 11.7. The third kappa shape index (κ3) is 6.41. The normalized spacial score (nSPS) is 13.6. The van der Waals surface area contributed by atoms with Gasteiger partial charge in [-0.15, -0.1) is 0 Å². The quantitative estimate of drug-likeness (QED) is 0.638.